The van der Waals surface area contributed by atoms with Crippen LogP contribution in [0.3, 0.4) is 0 Å². The quantitative estimate of drug-likeness (QED) is 0.557. The molecule has 0 saturated carbocycles. The third-order valence-electron chi connectivity index (χ3n) is 2.70. The van der Waals surface area contributed by atoms with E-state index in [4.69, 9.17) is 17.4 Å². The van der Waals surface area contributed by atoms with E-state index in [1.807, 2.05) is 10.7 Å². The van der Waals surface area contributed by atoms with E-state index in [1.165, 1.54) is 0 Å². The summed E-state index contributed by atoms with van der Waals surface area (Å²) >= 11 is 14.9. The first-order chi connectivity index (χ1) is 9.08. The zero-order valence-corrected chi connectivity index (χ0v) is 14.9. The van der Waals surface area contributed by atoms with Crippen LogP contribution in [0.4, 0.5) is 0 Å². The summed E-state index contributed by atoms with van der Waals surface area (Å²) in [5.74, 6) is 5.73. The molecule has 104 valence electrons. The van der Waals surface area contributed by atoms with Gasteiger partial charge in [0.2, 0.25) is 0 Å². The average molecular weight is 429 g/mol. The molecule has 0 bridgehead atoms. The molecule has 2 aromatic heterocycles. The van der Waals surface area contributed by atoms with Gasteiger partial charge in [0.25, 0.3) is 0 Å². The second kappa shape index (κ2) is 6.69. The molecule has 4 nitrogen and oxygen atoms in total. The summed E-state index contributed by atoms with van der Waals surface area (Å²) in [5.41, 5.74) is 4.75. The lowest BCUT2D eigenvalue weighted by Gasteiger charge is -2.18. The van der Waals surface area contributed by atoms with E-state index in [0.717, 1.165) is 31.8 Å². The van der Waals surface area contributed by atoms with E-state index >= 15 is 0 Å². The molecule has 0 aliphatic rings. The number of hydrogen-bond acceptors (Lipinski definition) is 4. The van der Waals surface area contributed by atoms with Crippen LogP contribution in [0.25, 0.3) is 0 Å². The summed E-state index contributed by atoms with van der Waals surface area (Å²) in [6.45, 7) is 2.91. The molecule has 0 aliphatic carbocycles. The predicted octanol–water partition coefficient (Wildman–Crippen LogP) is 4.09. The van der Waals surface area contributed by atoms with Gasteiger partial charge in [-0.3, -0.25) is 10.5 Å². The Morgan fingerprint density at radius 2 is 2.32 bits per heavy atom. The van der Waals surface area contributed by atoms with Crippen LogP contribution in [0.1, 0.15) is 30.6 Å². The highest BCUT2D eigenvalue weighted by Gasteiger charge is 2.24. The largest absolute Gasteiger partial charge is 0.271 e. The molecule has 0 aliphatic heterocycles. The summed E-state index contributed by atoms with van der Waals surface area (Å²) in [4.78, 5) is 0. The fourth-order valence-electron chi connectivity index (χ4n) is 1.91. The maximum Gasteiger partial charge on any atom is 0.0912 e. The molecule has 0 radical (unpaired) electrons. The molecule has 19 heavy (non-hydrogen) atoms. The first kappa shape index (κ1) is 15.5. The highest BCUT2D eigenvalue weighted by Crippen LogP contribution is 2.39. The van der Waals surface area contributed by atoms with Crippen LogP contribution in [-0.2, 0) is 6.54 Å². The van der Waals surface area contributed by atoms with Crippen molar-refractivity contribution in [2.45, 2.75) is 25.9 Å². The highest BCUT2D eigenvalue weighted by molar-refractivity contribution is 9.12. The van der Waals surface area contributed by atoms with Gasteiger partial charge >= 0.3 is 0 Å². The SMILES string of the molecule is CCCn1ncc(Cl)c1C(NN)c1cc(Br)sc1Br. The number of thiophene rings is 1. The van der Waals surface area contributed by atoms with E-state index < -0.39 is 0 Å². The Bertz CT molecular complexity index is 569. The lowest BCUT2D eigenvalue weighted by atomic mass is 10.1. The second-order valence-electron chi connectivity index (χ2n) is 3.98. The number of hydrazine groups is 1. The minimum atomic E-state index is -0.196. The first-order valence-electron chi connectivity index (χ1n) is 5.70. The number of nitrogens with zero attached hydrogens (tertiary/aromatic N) is 2. The monoisotopic (exact) mass is 426 g/mol. The molecule has 3 N–H and O–H groups in total. The summed E-state index contributed by atoms with van der Waals surface area (Å²) < 4.78 is 3.94. The topological polar surface area (TPSA) is 55.9 Å². The van der Waals surface area contributed by atoms with Crippen molar-refractivity contribution in [2.75, 3.05) is 0 Å². The Hall–Kier alpha value is 0.0800. The zero-order chi connectivity index (χ0) is 14.0. The summed E-state index contributed by atoms with van der Waals surface area (Å²) in [5, 5.41) is 4.92. The van der Waals surface area contributed by atoms with Crippen molar-refractivity contribution in [2.24, 2.45) is 5.84 Å². The molecule has 0 spiro atoms. The molecule has 0 amide bonds. The Kier molecular flexibility index (Phi) is 5.45. The Morgan fingerprint density at radius 1 is 1.58 bits per heavy atom. The molecular formula is C11H13Br2ClN4S. The molecule has 1 unspecified atom stereocenters. The summed E-state index contributed by atoms with van der Waals surface area (Å²) in [7, 11) is 0. The fraction of sp³-hybridized carbons (Fsp3) is 0.364. The number of nitrogens with one attached hydrogen (secondary N) is 1. The van der Waals surface area contributed by atoms with Gasteiger partial charge in [0, 0.05) is 12.1 Å². The van der Waals surface area contributed by atoms with Gasteiger partial charge in [0.15, 0.2) is 0 Å². The number of hydrogen-bond donors (Lipinski definition) is 2. The summed E-state index contributed by atoms with van der Waals surface area (Å²) in [6, 6.07) is 1.83. The Morgan fingerprint density at radius 3 is 2.84 bits per heavy atom. The molecule has 2 aromatic rings. The Labute approximate surface area is 137 Å². The minimum Gasteiger partial charge on any atom is -0.271 e. The van der Waals surface area contributed by atoms with Crippen molar-refractivity contribution >= 4 is 54.8 Å². The van der Waals surface area contributed by atoms with Crippen molar-refractivity contribution in [1.29, 1.82) is 0 Å². The lowest BCUT2D eigenvalue weighted by Crippen LogP contribution is -2.31. The van der Waals surface area contributed by atoms with Crippen molar-refractivity contribution in [3.8, 4) is 0 Å². The molecule has 0 fully saturated rings. The molecular weight excluding hydrogens is 415 g/mol. The van der Waals surface area contributed by atoms with Crippen LogP contribution in [0, 0.1) is 0 Å². The van der Waals surface area contributed by atoms with E-state index in [-0.39, 0.29) is 6.04 Å². The van der Waals surface area contributed by atoms with Crippen molar-refractivity contribution < 1.29 is 0 Å². The van der Waals surface area contributed by atoms with Gasteiger partial charge in [0.05, 0.1) is 30.5 Å². The van der Waals surface area contributed by atoms with E-state index in [1.54, 1.807) is 17.5 Å². The minimum absolute atomic E-state index is 0.196. The number of halogens is 3. The maximum absolute atomic E-state index is 6.26. The van der Waals surface area contributed by atoms with E-state index in [2.05, 4.69) is 49.3 Å². The lowest BCUT2D eigenvalue weighted by molar-refractivity contribution is 0.521. The zero-order valence-electron chi connectivity index (χ0n) is 10.2. The normalized spacial score (nSPS) is 12.9. The van der Waals surface area contributed by atoms with Crippen LogP contribution >= 0.6 is 54.8 Å². The molecule has 0 aromatic carbocycles. The molecule has 2 heterocycles. The first-order valence-corrected chi connectivity index (χ1v) is 8.48. The van der Waals surface area contributed by atoms with Crippen molar-refractivity contribution in [3.05, 3.63) is 36.1 Å². The standard InChI is InChI=1S/C11H13Br2ClN4S/c1-2-3-18-10(7(14)5-16-18)9(17-15)6-4-8(12)19-11(6)13/h4-5,9,17H,2-3,15H2,1H3. The number of nitrogens with two attached hydrogens (primary N) is 1. The molecule has 0 saturated heterocycles. The van der Waals surface area contributed by atoms with Gasteiger partial charge < -0.3 is 0 Å². The molecule has 2 rings (SSSR count). The number of aryl methyl sites for hydroxylation is 1. The molecule has 1 atom stereocenters. The van der Waals surface area contributed by atoms with Crippen LogP contribution in [0.15, 0.2) is 19.8 Å². The third-order valence-corrected chi connectivity index (χ3v) is 5.38. The van der Waals surface area contributed by atoms with Gasteiger partial charge in [-0.2, -0.15) is 5.10 Å². The van der Waals surface area contributed by atoms with Gasteiger partial charge in [0.1, 0.15) is 0 Å². The van der Waals surface area contributed by atoms with Crippen LogP contribution in [0.2, 0.25) is 5.02 Å². The number of rotatable bonds is 5. The fourth-order valence-corrected chi connectivity index (χ4v) is 5.07. The molecule has 8 heteroatoms. The van der Waals surface area contributed by atoms with E-state index in [9.17, 15) is 0 Å². The van der Waals surface area contributed by atoms with E-state index in [0.29, 0.717) is 5.02 Å². The van der Waals surface area contributed by atoms with Crippen LogP contribution < -0.4 is 11.3 Å². The van der Waals surface area contributed by atoms with Crippen LogP contribution in [0.5, 0.6) is 0 Å². The summed E-state index contributed by atoms with van der Waals surface area (Å²) in [6.07, 6.45) is 2.64. The maximum atomic E-state index is 6.26. The highest BCUT2D eigenvalue weighted by atomic mass is 79.9. The van der Waals surface area contributed by atoms with Crippen LogP contribution in [-0.4, -0.2) is 9.78 Å². The predicted molar refractivity (Wildman–Crippen MR) is 86.4 cm³/mol. The third kappa shape index (κ3) is 3.22. The average Bonchev–Trinajstić information content (AvgIpc) is 2.87. The number of aromatic nitrogens is 2. The second-order valence-corrected chi connectivity index (χ2v) is 8.14. The van der Waals surface area contributed by atoms with Gasteiger partial charge in [-0.05, 0) is 44.3 Å². The van der Waals surface area contributed by atoms with Crippen molar-refractivity contribution in [3.63, 3.8) is 0 Å². The van der Waals surface area contributed by atoms with Gasteiger partial charge in [-0.15, -0.1) is 11.3 Å². The Balaban J connectivity index is 2.47. The van der Waals surface area contributed by atoms with Crippen molar-refractivity contribution in [1.82, 2.24) is 15.2 Å². The smallest absolute Gasteiger partial charge is 0.0912 e. The van der Waals surface area contributed by atoms with Gasteiger partial charge in [-0.25, -0.2) is 5.43 Å². The van der Waals surface area contributed by atoms with Gasteiger partial charge in [-0.1, -0.05) is 18.5 Å².